The van der Waals surface area contributed by atoms with Crippen LogP contribution < -0.4 is 21.3 Å². The number of carboxylic acid groups (broad SMARTS) is 4. The summed E-state index contributed by atoms with van der Waals surface area (Å²) in [5, 5.41) is 56.4. The van der Waals surface area contributed by atoms with E-state index in [1.807, 2.05) is 6.92 Å². The third-order valence-electron chi connectivity index (χ3n) is 12.2. The van der Waals surface area contributed by atoms with Crippen molar-refractivity contribution in [2.45, 2.75) is 180 Å². The molecule has 0 heterocycles. The Morgan fingerprint density at radius 1 is 0.408 bits per heavy atom. The number of ether oxygens (including phenoxy) is 4. The summed E-state index contributed by atoms with van der Waals surface area (Å²) < 4.78 is 21.3. The number of rotatable bonds is 54. The molecule has 436 valence electrons. The fourth-order valence-electron chi connectivity index (χ4n) is 7.71. The van der Waals surface area contributed by atoms with Crippen LogP contribution in [0.3, 0.4) is 0 Å². The highest BCUT2D eigenvalue weighted by Gasteiger charge is 2.26. The van der Waals surface area contributed by atoms with Gasteiger partial charge in [-0.15, -0.1) is 0 Å². The molecule has 0 aliphatic carbocycles. The van der Waals surface area contributed by atoms with Crippen molar-refractivity contribution in [1.82, 2.24) is 21.3 Å². The third kappa shape index (κ3) is 41.8. The number of unbranched alkanes of at least 4 members (excludes halogenated alkanes) is 10. The van der Waals surface area contributed by atoms with Crippen LogP contribution in [0.25, 0.3) is 0 Å². The zero-order valence-corrected chi connectivity index (χ0v) is 44.6. The van der Waals surface area contributed by atoms with E-state index >= 15 is 0 Å². The Bertz CT molecular complexity index is 1730. The van der Waals surface area contributed by atoms with Gasteiger partial charge in [0.15, 0.2) is 11.6 Å². The number of carbonyl (C=O) groups is 11. The number of aliphatic carboxylic acids is 4. The Labute approximate surface area is 446 Å². The minimum absolute atomic E-state index is 0.00269. The first-order chi connectivity index (χ1) is 36.4. The normalized spacial score (nSPS) is 12.7. The van der Waals surface area contributed by atoms with E-state index in [-0.39, 0.29) is 134 Å². The SMILES string of the molecule is CC[C@@H](CCCCNC(=O)CC[C@H](NC(=O)CC[C@H](CC(=O)COCCOCCNC(=O)COCCOCCCC(=O)CC[C@H](NC(=O)CCCCCCCCCCCCC(=O)O)C(=O)O)C(=O)O)C(=O)O)C(=O)CO. The maximum absolute atomic E-state index is 12.5. The topological polar surface area (TPSA) is 374 Å². The van der Waals surface area contributed by atoms with Crippen molar-refractivity contribution in [2.24, 2.45) is 11.8 Å². The summed E-state index contributed by atoms with van der Waals surface area (Å²) in [6.45, 7) is 1.89. The lowest BCUT2D eigenvalue weighted by molar-refractivity contribution is -0.145. The van der Waals surface area contributed by atoms with Crippen molar-refractivity contribution in [3.63, 3.8) is 0 Å². The Morgan fingerprint density at radius 3 is 1.49 bits per heavy atom. The van der Waals surface area contributed by atoms with Crippen LogP contribution in [0.15, 0.2) is 0 Å². The minimum Gasteiger partial charge on any atom is -0.481 e. The van der Waals surface area contributed by atoms with Crippen molar-refractivity contribution in [3.8, 4) is 0 Å². The molecule has 76 heavy (non-hydrogen) atoms. The molecular formula is C52H88N4O20. The number of hydrogen-bond acceptors (Lipinski definition) is 16. The molecule has 4 atom stereocenters. The highest BCUT2D eigenvalue weighted by molar-refractivity contribution is 5.87. The van der Waals surface area contributed by atoms with Gasteiger partial charge >= 0.3 is 23.9 Å². The Kier molecular flexibility index (Phi) is 43.5. The van der Waals surface area contributed by atoms with Crippen LogP contribution in [0.4, 0.5) is 0 Å². The average molecular weight is 1090 g/mol. The molecule has 0 bridgehead atoms. The molecule has 0 radical (unpaired) electrons. The van der Waals surface area contributed by atoms with Crippen LogP contribution in [0.2, 0.25) is 0 Å². The standard InChI is InChI=1S/C52H88N4O20/c1-2-38(44(60)35-57)16-13-14-26-53-45(61)25-23-43(52(71)72)56-47(63)24-20-39(50(67)68)34-41(59)36-75-32-31-74-29-27-54-48(64)37-76-33-30-73-28-15-17-40(58)21-22-42(51(69)70)55-46(62)18-11-9-7-5-3-4-6-8-10-12-19-49(65)66/h38-39,42-43,57H,2-37H2,1H3,(H,53,61)(H,54,64)(H,55,62)(H,56,63)(H,65,66)(H,67,68)(H,69,70)(H,71,72)/t38-,39+,42-,43-/m0/s1. The van der Waals surface area contributed by atoms with Gasteiger partial charge in [0.1, 0.15) is 37.7 Å². The second-order valence-corrected chi connectivity index (χ2v) is 18.6. The summed E-state index contributed by atoms with van der Waals surface area (Å²) in [5.74, 6) is -8.99. The van der Waals surface area contributed by atoms with Gasteiger partial charge < -0.3 is 65.7 Å². The molecule has 0 rings (SSSR count). The Balaban J connectivity index is 4.02. The van der Waals surface area contributed by atoms with Crippen molar-refractivity contribution < 1.29 is 97.2 Å². The molecule has 4 amide bonds. The molecule has 0 aliphatic rings. The number of amides is 4. The number of Topliss-reactive ketones (excluding diaryl/α,β-unsaturated/α-hetero) is 3. The van der Waals surface area contributed by atoms with Gasteiger partial charge in [-0.1, -0.05) is 64.7 Å². The fraction of sp³-hybridized carbons (Fsp3) is 0.788. The summed E-state index contributed by atoms with van der Waals surface area (Å²) in [4.78, 5) is 131. The molecule has 0 aromatic rings. The van der Waals surface area contributed by atoms with E-state index in [1.54, 1.807) is 0 Å². The maximum atomic E-state index is 12.5. The summed E-state index contributed by atoms with van der Waals surface area (Å²) in [6.07, 6.45) is 11.4. The lowest BCUT2D eigenvalue weighted by Crippen LogP contribution is -2.42. The van der Waals surface area contributed by atoms with Gasteiger partial charge in [0.25, 0.3) is 0 Å². The fourth-order valence-corrected chi connectivity index (χ4v) is 7.71. The van der Waals surface area contributed by atoms with Crippen molar-refractivity contribution in [3.05, 3.63) is 0 Å². The summed E-state index contributed by atoms with van der Waals surface area (Å²) >= 11 is 0. The summed E-state index contributed by atoms with van der Waals surface area (Å²) in [5.41, 5.74) is 0. The highest BCUT2D eigenvalue weighted by atomic mass is 16.5. The number of aliphatic hydroxyl groups is 1. The quantitative estimate of drug-likeness (QED) is 0.0395. The smallest absolute Gasteiger partial charge is 0.326 e. The molecule has 0 saturated heterocycles. The van der Waals surface area contributed by atoms with E-state index in [2.05, 4.69) is 21.3 Å². The lowest BCUT2D eigenvalue weighted by atomic mass is 9.95. The van der Waals surface area contributed by atoms with Gasteiger partial charge in [0.05, 0.1) is 39.0 Å². The first kappa shape index (κ1) is 70.6. The van der Waals surface area contributed by atoms with Gasteiger partial charge in [-0.3, -0.25) is 43.2 Å². The van der Waals surface area contributed by atoms with Crippen LogP contribution in [0.5, 0.6) is 0 Å². The number of carbonyl (C=O) groups excluding carboxylic acids is 7. The summed E-state index contributed by atoms with van der Waals surface area (Å²) in [7, 11) is 0. The average Bonchev–Trinajstić information content (AvgIpc) is 3.37. The number of nitrogens with one attached hydrogen (secondary N) is 4. The van der Waals surface area contributed by atoms with E-state index in [1.165, 1.54) is 0 Å². The molecule has 0 spiro atoms. The number of hydrogen-bond donors (Lipinski definition) is 9. The molecule has 0 unspecified atom stereocenters. The van der Waals surface area contributed by atoms with E-state index in [0.717, 1.165) is 51.4 Å². The van der Waals surface area contributed by atoms with E-state index < -0.39 is 85.0 Å². The van der Waals surface area contributed by atoms with Gasteiger partial charge in [0, 0.05) is 70.6 Å². The second kappa shape index (κ2) is 46.8. The molecule has 0 aromatic heterocycles. The van der Waals surface area contributed by atoms with Crippen LogP contribution in [0.1, 0.15) is 167 Å². The molecule has 0 saturated carbocycles. The monoisotopic (exact) mass is 1090 g/mol. The van der Waals surface area contributed by atoms with Crippen LogP contribution >= 0.6 is 0 Å². The molecular weight excluding hydrogens is 1000 g/mol. The third-order valence-corrected chi connectivity index (χ3v) is 12.2. The molecule has 0 aliphatic heterocycles. The first-order valence-electron chi connectivity index (χ1n) is 26.9. The molecule has 0 aromatic carbocycles. The number of ketones is 3. The van der Waals surface area contributed by atoms with E-state index in [4.69, 9.17) is 29.2 Å². The summed E-state index contributed by atoms with van der Waals surface area (Å²) in [6, 6.07) is -2.55. The zero-order valence-electron chi connectivity index (χ0n) is 44.6. The molecule has 24 heteroatoms. The predicted molar refractivity (Wildman–Crippen MR) is 274 cm³/mol. The van der Waals surface area contributed by atoms with Crippen molar-refractivity contribution in [1.29, 1.82) is 0 Å². The minimum atomic E-state index is -1.40. The van der Waals surface area contributed by atoms with Gasteiger partial charge in [0.2, 0.25) is 23.6 Å². The van der Waals surface area contributed by atoms with Gasteiger partial charge in [-0.2, -0.15) is 0 Å². The van der Waals surface area contributed by atoms with Crippen LogP contribution in [0, 0.1) is 11.8 Å². The predicted octanol–water partition coefficient (Wildman–Crippen LogP) is 3.30. The van der Waals surface area contributed by atoms with Crippen molar-refractivity contribution >= 4 is 64.9 Å². The lowest BCUT2D eigenvalue weighted by Gasteiger charge is -2.16. The van der Waals surface area contributed by atoms with Crippen molar-refractivity contribution in [2.75, 3.05) is 72.6 Å². The first-order valence-corrected chi connectivity index (χ1v) is 26.9. The Hall–Kier alpha value is -5.43. The zero-order chi connectivity index (χ0) is 56.8. The number of carboxylic acids is 4. The molecule has 24 nitrogen and oxygen atoms in total. The number of aliphatic hydroxyl groups excluding tert-OH is 1. The van der Waals surface area contributed by atoms with E-state index in [9.17, 15) is 68.1 Å². The Morgan fingerprint density at radius 2 is 0.921 bits per heavy atom. The van der Waals surface area contributed by atoms with Gasteiger partial charge in [-0.05, 0) is 57.8 Å². The highest BCUT2D eigenvalue weighted by Crippen LogP contribution is 2.16. The molecule has 0 fully saturated rings. The van der Waals surface area contributed by atoms with E-state index in [0.29, 0.717) is 51.5 Å². The van der Waals surface area contributed by atoms with Crippen LogP contribution in [-0.4, -0.2) is 175 Å². The second-order valence-electron chi connectivity index (χ2n) is 18.6. The maximum Gasteiger partial charge on any atom is 0.326 e. The largest absolute Gasteiger partial charge is 0.481 e. The van der Waals surface area contributed by atoms with Crippen LogP contribution in [-0.2, 0) is 71.7 Å². The molecule has 9 N–H and O–H groups in total. The van der Waals surface area contributed by atoms with Gasteiger partial charge in [-0.25, -0.2) is 9.59 Å².